The first-order valence-electron chi connectivity index (χ1n) is 8.90. The summed E-state index contributed by atoms with van der Waals surface area (Å²) >= 11 is 12.5. The Morgan fingerprint density at radius 2 is 1.75 bits per heavy atom. The number of rotatable bonds is 3. The molecule has 0 saturated carbocycles. The van der Waals surface area contributed by atoms with Crippen molar-refractivity contribution in [1.82, 2.24) is 14.9 Å². The minimum Gasteiger partial charge on any atom is -0.387 e. The fourth-order valence-corrected chi connectivity index (χ4v) is 3.83. The molecule has 1 aromatic heterocycles. The van der Waals surface area contributed by atoms with E-state index in [2.05, 4.69) is 14.9 Å². The maximum atomic E-state index is 11.7. The van der Waals surface area contributed by atoms with Crippen LogP contribution in [0.2, 0.25) is 10.0 Å². The van der Waals surface area contributed by atoms with E-state index >= 15 is 0 Å². The standard InChI is InChI=1S/C20H18Cl2N4O2/c21-14-3-1-13(2-4-14)15-9-16-18(10-17(15)22)23-12-24-20(16)26-7-5-25(6-8-26)19(28)11-27/h1-4,9-10,12,27H,5-8,11H2. The SMILES string of the molecule is O=C(CO)N1CCN(c2ncnc3cc(Cl)c(-c4ccc(Cl)cc4)cc23)CC1. The van der Waals surface area contributed by atoms with E-state index in [1.54, 1.807) is 4.90 Å². The number of hydrogen-bond acceptors (Lipinski definition) is 5. The van der Waals surface area contributed by atoms with Crippen molar-refractivity contribution in [2.24, 2.45) is 0 Å². The summed E-state index contributed by atoms with van der Waals surface area (Å²) in [4.78, 5) is 24.3. The van der Waals surface area contributed by atoms with Crippen molar-refractivity contribution in [3.05, 3.63) is 52.8 Å². The predicted octanol–water partition coefficient (Wildman–Crippen LogP) is 3.24. The van der Waals surface area contributed by atoms with Gasteiger partial charge >= 0.3 is 0 Å². The number of halogens is 2. The Morgan fingerprint density at radius 3 is 2.43 bits per heavy atom. The average Bonchev–Trinajstić information content (AvgIpc) is 2.73. The molecule has 4 rings (SSSR count). The lowest BCUT2D eigenvalue weighted by atomic mass is 10.0. The van der Waals surface area contributed by atoms with Crippen LogP contribution in [0.5, 0.6) is 0 Å². The van der Waals surface area contributed by atoms with Gasteiger partial charge in [-0.3, -0.25) is 4.79 Å². The topological polar surface area (TPSA) is 69.6 Å². The average molecular weight is 417 g/mol. The second-order valence-corrected chi connectivity index (χ2v) is 7.42. The van der Waals surface area contributed by atoms with Gasteiger partial charge in [0.25, 0.3) is 0 Å². The molecule has 1 amide bonds. The van der Waals surface area contributed by atoms with Crippen LogP contribution in [0.25, 0.3) is 22.0 Å². The van der Waals surface area contributed by atoms with Gasteiger partial charge < -0.3 is 14.9 Å². The van der Waals surface area contributed by atoms with Gasteiger partial charge in [-0.05, 0) is 29.8 Å². The lowest BCUT2D eigenvalue weighted by molar-refractivity contribution is -0.134. The van der Waals surface area contributed by atoms with E-state index in [1.165, 1.54) is 6.33 Å². The third-order valence-corrected chi connectivity index (χ3v) is 5.49. The molecule has 0 spiro atoms. The van der Waals surface area contributed by atoms with E-state index in [0.29, 0.717) is 36.2 Å². The van der Waals surface area contributed by atoms with Gasteiger partial charge in [0, 0.05) is 42.2 Å². The van der Waals surface area contributed by atoms with Crippen molar-refractivity contribution in [2.45, 2.75) is 0 Å². The van der Waals surface area contributed by atoms with Crippen molar-refractivity contribution in [1.29, 1.82) is 0 Å². The maximum Gasteiger partial charge on any atom is 0.248 e. The van der Waals surface area contributed by atoms with Gasteiger partial charge in [-0.1, -0.05) is 35.3 Å². The van der Waals surface area contributed by atoms with Crippen molar-refractivity contribution < 1.29 is 9.90 Å². The number of aliphatic hydroxyl groups excluding tert-OH is 1. The molecule has 0 radical (unpaired) electrons. The third kappa shape index (κ3) is 3.63. The zero-order valence-corrected chi connectivity index (χ0v) is 16.5. The normalized spacial score (nSPS) is 14.5. The summed E-state index contributed by atoms with van der Waals surface area (Å²) in [6.07, 6.45) is 1.53. The van der Waals surface area contributed by atoms with Crippen LogP contribution in [-0.2, 0) is 4.79 Å². The van der Waals surface area contributed by atoms with E-state index in [0.717, 1.165) is 27.8 Å². The number of hydrogen-bond donors (Lipinski definition) is 1. The minimum atomic E-state index is -0.459. The lowest BCUT2D eigenvalue weighted by Gasteiger charge is -2.35. The monoisotopic (exact) mass is 416 g/mol. The molecule has 0 atom stereocenters. The molecular formula is C20H18Cl2N4O2. The minimum absolute atomic E-state index is 0.246. The number of carbonyl (C=O) groups excluding carboxylic acids is 1. The van der Waals surface area contributed by atoms with Crippen molar-refractivity contribution in [3.8, 4) is 11.1 Å². The van der Waals surface area contributed by atoms with Crippen molar-refractivity contribution >= 4 is 45.8 Å². The Morgan fingerprint density at radius 1 is 1.04 bits per heavy atom. The Hall–Kier alpha value is -2.41. The molecule has 1 saturated heterocycles. The molecule has 144 valence electrons. The second-order valence-electron chi connectivity index (χ2n) is 6.58. The Bertz CT molecular complexity index is 1020. The van der Waals surface area contributed by atoms with Crippen molar-refractivity contribution in [2.75, 3.05) is 37.7 Å². The van der Waals surface area contributed by atoms with Gasteiger partial charge in [0.2, 0.25) is 5.91 Å². The number of fused-ring (bicyclic) bond motifs is 1. The first-order valence-corrected chi connectivity index (χ1v) is 9.66. The molecule has 1 aliphatic rings. The molecule has 3 aromatic rings. The Balaban J connectivity index is 1.71. The predicted molar refractivity (Wildman–Crippen MR) is 111 cm³/mol. The first-order chi connectivity index (χ1) is 13.6. The molecule has 2 heterocycles. The molecule has 6 nitrogen and oxygen atoms in total. The molecule has 2 aromatic carbocycles. The summed E-state index contributed by atoms with van der Waals surface area (Å²) in [6.45, 7) is 1.90. The largest absolute Gasteiger partial charge is 0.387 e. The summed E-state index contributed by atoms with van der Waals surface area (Å²) in [5.74, 6) is 0.567. The summed E-state index contributed by atoms with van der Waals surface area (Å²) < 4.78 is 0. The highest BCUT2D eigenvalue weighted by atomic mass is 35.5. The highest BCUT2D eigenvalue weighted by Gasteiger charge is 2.23. The number of nitrogens with zero attached hydrogens (tertiary/aromatic N) is 4. The van der Waals surface area contributed by atoms with Gasteiger partial charge in [0.15, 0.2) is 0 Å². The molecule has 1 fully saturated rings. The highest BCUT2D eigenvalue weighted by molar-refractivity contribution is 6.34. The Kier molecular flexibility index (Phi) is 5.35. The third-order valence-electron chi connectivity index (χ3n) is 4.93. The van der Waals surface area contributed by atoms with Gasteiger partial charge in [-0.2, -0.15) is 0 Å². The van der Waals surface area contributed by atoms with Crippen LogP contribution in [0.4, 0.5) is 5.82 Å². The molecule has 0 unspecified atom stereocenters. The molecule has 1 N–H and O–H groups in total. The van der Waals surface area contributed by atoms with Gasteiger partial charge in [0.05, 0.1) is 10.5 Å². The smallest absolute Gasteiger partial charge is 0.248 e. The first kappa shape index (κ1) is 18.9. The van der Waals surface area contributed by atoms with Gasteiger partial charge in [0.1, 0.15) is 18.8 Å². The van der Waals surface area contributed by atoms with E-state index in [-0.39, 0.29) is 5.91 Å². The van der Waals surface area contributed by atoms with Crippen LogP contribution < -0.4 is 4.90 Å². The number of benzene rings is 2. The van der Waals surface area contributed by atoms with Crippen molar-refractivity contribution in [3.63, 3.8) is 0 Å². The second kappa shape index (κ2) is 7.91. The van der Waals surface area contributed by atoms with Crippen LogP contribution in [0.3, 0.4) is 0 Å². The zero-order chi connectivity index (χ0) is 19.7. The maximum absolute atomic E-state index is 11.7. The molecule has 28 heavy (non-hydrogen) atoms. The van der Waals surface area contributed by atoms with E-state index in [1.807, 2.05) is 36.4 Å². The molecule has 0 bridgehead atoms. The molecule has 1 aliphatic heterocycles. The molecule has 0 aliphatic carbocycles. The van der Waals surface area contributed by atoms with E-state index in [4.69, 9.17) is 28.3 Å². The molecule has 8 heteroatoms. The summed E-state index contributed by atoms with van der Waals surface area (Å²) in [6, 6.07) is 11.4. The van der Waals surface area contributed by atoms with Crippen LogP contribution in [0.1, 0.15) is 0 Å². The number of piperazine rings is 1. The van der Waals surface area contributed by atoms with Crippen LogP contribution in [0, 0.1) is 0 Å². The van der Waals surface area contributed by atoms with Crippen LogP contribution in [-0.4, -0.2) is 58.7 Å². The van der Waals surface area contributed by atoms with Gasteiger partial charge in [-0.25, -0.2) is 9.97 Å². The van der Waals surface area contributed by atoms with Crippen LogP contribution >= 0.6 is 23.2 Å². The lowest BCUT2D eigenvalue weighted by Crippen LogP contribution is -2.49. The van der Waals surface area contributed by atoms with Gasteiger partial charge in [-0.15, -0.1) is 0 Å². The van der Waals surface area contributed by atoms with Crippen LogP contribution in [0.15, 0.2) is 42.7 Å². The quantitative estimate of drug-likeness (QED) is 0.709. The summed E-state index contributed by atoms with van der Waals surface area (Å²) in [5, 5.41) is 11.2. The number of carbonyl (C=O) groups is 1. The number of aromatic nitrogens is 2. The van der Waals surface area contributed by atoms with E-state index < -0.39 is 6.61 Å². The number of aliphatic hydroxyl groups is 1. The summed E-state index contributed by atoms with van der Waals surface area (Å²) in [7, 11) is 0. The fourth-order valence-electron chi connectivity index (χ4n) is 3.43. The zero-order valence-electron chi connectivity index (χ0n) is 15.0. The Labute approximate surface area is 172 Å². The van der Waals surface area contributed by atoms with E-state index in [9.17, 15) is 4.79 Å². The summed E-state index contributed by atoms with van der Waals surface area (Å²) in [5.41, 5.74) is 2.61. The molecular weight excluding hydrogens is 399 g/mol. The number of anilines is 1. The highest BCUT2D eigenvalue weighted by Crippen LogP contribution is 2.35. The fraction of sp³-hybridized carbons (Fsp3) is 0.250. The number of amides is 1.